The van der Waals surface area contributed by atoms with Gasteiger partial charge in [-0.2, -0.15) is 18.4 Å². The molecule has 0 aliphatic heterocycles. The molecule has 9 heteroatoms. The van der Waals surface area contributed by atoms with E-state index in [1.807, 2.05) is 6.07 Å². The smallest absolute Gasteiger partial charge is 0.422 e. The van der Waals surface area contributed by atoms with E-state index in [2.05, 4.69) is 10.3 Å². The molecule has 0 aliphatic rings. The minimum atomic E-state index is -4.47. The molecule has 0 bridgehead atoms. The summed E-state index contributed by atoms with van der Waals surface area (Å²) < 4.78 is 47.7. The van der Waals surface area contributed by atoms with E-state index in [0.717, 1.165) is 0 Å². The summed E-state index contributed by atoms with van der Waals surface area (Å²) in [6.45, 7) is -1.43. The van der Waals surface area contributed by atoms with Gasteiger partial charge in [0.2, 0.25) is 0 Å². The number of ether oxygens (including phenoxy) is 2. The molecule has 0 aromatic heterocycles. The van der Waals surface area contributed by atoms with Gasteiger partial charge in [-0.3, -0.25) is 5.32 Å². The van der Waals surface area contributed by atoms with Crippen LogP contribution in [0, 0.1) is 11.5 Å². The lowest BCUT2D eigenvalue weighted by atomic mass is 10.2. The van der Waals surface area contributed by atoms with Gasteiger partial charge in [0.1, 0.15) is 17.2 Å². The molecule has 0 saturated heterocycles. The van der Waals surface area contributed by atoms with Gasteiger partial charge in [-0.1, -0.05) is 30.0 Å². The average Bonchev–Trinajstić information content (AvgIpc) is 2.60. The number of hydrogen-bond donors (Lipinski definition) is 1. The quantitative estimate of drug-likeness (QED) is 0.347. The zero-order chi connectivity index (χ0) is 19.0. The maximum Gasteiger partial charge on any atom is 0.422 e. The molecule has 0 unspecified atom stereocenters. The number of nitrogens with zero attached hydrogens (tertiary/aromatic N) is 2. The van der Waals surface area contributed by atoms with Crippen molar-refractivity contribution in [3.63, 3.8) is 0 Å². The highest BCUT2D eigenvalue weighted by Crippen LogP contribution is 2.32. The molecule has 26 heavy (non-hydrogen) atoms. The van der Waals surface area contributed by atoms with Gasteiger partial charge in [-0.15, -0.1) is 0 Å². The van der Waals surface area contributed by atoms with Crippen LogP contribution in [-0.2, 0) is 0 Å². The minimum absolute atomic E-state index is 0.0492. The molecule has 1 N–H and O–H groups in total. The maximum atomic E-state index is 12.4. The summed E-state index contributed by atoms with van der Waals surface area (Å²) in [5.41, 5.74) is 0.280. The lowest BCUT2D eigenvalue weighted by Crippen LogP contribution is -2.19. The van der Waals surface area contributed by atoms with Gasteiger partial charge in [0.25, 0.3) is 0 Å². The van der Waals surface area contributed by atoms with Crippen LogP contribution in [0.4, 0.5) is 18.9 Å². The van der Waals surface area contributed by atoms with Crippen LogP contribution in [-0.4, -0.2) is 24.2 Å². The molecule has 0 saturated carbocycles. The molecule has 5 nitrogen and oxygen atoms in total. The summed E-state index contributed by atoms with van der Waals surface area (Å²) in [5, 5.41) is 11.4. The minimum Gasteiger partial charge on any atom is -0.484 e. The number of nitrogens with one attached hydrogen (secondary N) is 1. The molecule has 0 heterocycles. The summed E-state index contributed by atoms with van der Waals surface area (Å²) in [5.74, 6) is 0.717. The second-order valence-electron chi connectivity index (χ2n) is 4.84. The van der Waals surface area contributed by atoms with E-state index in [1.54, 1.807) is 36.7 Å². The van der Waals surface area contributed by atoms with Crippen molar-refractivity contribution >= 4 is 22.6 Å². The first-order chi connectivity index (χ1) is 12.4. The van der Waals surface area contributed by atoms with Gasteiger partial charge >= 0.3 is 6.18 Å². The Bertz CT molecular complexity index is 805. The number of benzene rings is 2. The van der Waals surface area contributed by atoms with Crippen LogP contribution in [0.3, 0.4) is 0 Å². The third-order valence-electron chi connectivity index (χ3n) is 2.83. The fraction of sp³-hybridized carbons (Fsp3) is 0.176. The topological polar surface area (TPSA) is 66.6 Å². The molecule has 0 fully saturated rings. The Kier molecular flexibility index (Phi) is 6.74. The van der Waals surface area contributed by atoms with Crippen molar-refractivity contribution in [2.45, 2.75) is 6.18 Å². The molecule has 2 rings (SSSR count). The van der Waals surface area contributed by atoms with E-state index in [9.17, 15) is 13.2 Å². The highest BCUT2D eigenvalue weighted by molar-refractivity contribution is 8.13. The second kappa shape index (κ2) is 9.01. The number of aliphatic imine (C=N–C) groups is 1. The Balaban J connectivity index is 2.33. The van der Waals surface area contributed by atoms with Crippen LogP contribution < -0.4 is 14.8 Å². The summed E-state index contributed by atoms with van der Waals surface area (Å²) in [4.78, 5) is 4.18. The summed E-state index contributed by atoms with van der Waals surface area (Å²) in [7, 11) is 0. The highest BCUT2D eigenvalue weighted by Gasteiger charge is 2.28. The zero-order valence-electron chi connectivity index (χ0n) is 13.6. The molecule has 0 radical (unpaired) electrons. The molecular formula is C17H14F3N3O2S. The Morgan fingerprint density at radius 3 is 2.46 bits per heavy atom. The zero-order valence-corrected chi connectivity index (χ0v) is 14.4. The summed E-state index contributed by atoms with van der Waals surface area (Å²) >= 11 is 1.18. The van der Waals surface area contributed by atoms with Crippen molar-refractivity contribution in [3.8, 4) is 23.4 Å². The third kappa shape index (κ3) is 6.57. The molecule has 136 valence electrons. The predicted molar refractivity (Wildman–Crippen MR) is 93.9 cm³/mol. The van der Waals surface area contributed by atoms with Crippen LogP contribution in [0.1, 0.15) is 0 Å². The molecule has 0 spiro atoms. The van der Waals surface area contributed by atoms with Gasteiger partial charge in [-0.05, 0) is 18.4 Å². The normalized spacial score (nSPS) is 11.6. The largest absolute Gasteiger partial charge is 0.484 e. The van der Waals surface area contributed by atoms with Crippen LogP contribution >= 0.6 is 11.8 Å². The first kappa shape index (κ1) is 19.5. The summed E-state index contributed by atoms with van der Waals surface area (Å²) in [6, 6.07) is 13.0. The van der Waals surface area contributed by atoms with Crippen LogP contribution in [0.25, 0.3) is 0 Å². The standard InChI is InChI=1S/C17H14F3N3O2S/c1-26-16(22-11-21)23-12-7-14(24-10-17(18,19)20)9-15(8-12)25-13-5-3-2-4-6-13/h2-9H,10H2,1H3,(H,22,23). The lowest BCUT2D eigenvalue weighted by Gasteiger charge is -2.12. The van der Waals surface area contributed by atoms with E-state index in [4.69, 9.17) is 14.7 Å². The average molecular weight is 381 g/mol. The number of alkyl halides is 3. The molecule has 2 aromatic rings. The summed E-state index contributed by atoms with van der Waals surface area (Å²) in [6.07, 6.45) is -1.02. The second-order valence-corrected chi connectivity index (χ2v) is 5.63. The van der Waals surface area contributed by atoms with E-state index in [1.165, 1.54) is 30.0 Å². The van der Waals surface area contributed by atoms with E-state index >= 15 is 0 Å². The molecule has 0 atom stereocenters. The number of rotatable bonds is 5. The first-order valence-electron chi connectivity index (χ1n) is 7.25. The molecular weight excluding hydrogens is 367 g/mol. The highest BCUT2D eigenvalue weighted by atomic mass is 32.2. The van der Waals surface area contributed by atoms with E-state index < -0.39 is 12.8 Å². The van der Waals surface area contributed by atoms with Crippen LogP contribution in [0.2, 0.25) is 0 Å². The van der Waals surface area contributed by atoms with Crippen LogP contribution in [0.15, 0.2) is 53.5 Å². The van der Waals surface area contributed by atoms with Crippen molar-refractivity contribution in [3.05, 3.63) is 48.5 Å². The van der Waals surface area contributed by atoms with Gasteiger partial charge in [-0.25, -0.2) is 4.99 Å². The van der Waals surface area contributed by atoms with Gasteiger partial charge in [0.15, 0.2) is 18.0 Å². The predicted octanol–water partition coefficient (Wildman–Crippen LogP) is 4.84. The first-order valence-corrected chi connectivity index (χ1v) is 8.47. The van der Waals surface area contributed by atoms with Crippen molar-refractivity contribution in [2.75, 3.05) is 12.9 Å². The van der Waals surface area contributed by atoms with Crippen molar-refractivity contribution in [1.29, 1.82) is 5.26 Å². The number of hydrogen-bond acceptors (Lipinski definition) is 5. The fourth-order valence-corrected chi connectivity index (χ4v) is 2.19. The maximum absolute atomic E-state index is 12.4. The molecule has 0 amide bonds. The molecule has 0 aliphatic carbocycles. The SMILES string of the molecule is CSC(=Nc1cc(OCC(F)(F)F)cc(Oc2ccccc2)c1)NC#N. The number of nitriles is 1. The number of para-hydroxylation sites is 1. The Morgan fingerprint density at radius 1 is 1.15 bits per heavy atom. The Hall–Kier alpha value is -2.86. The van der Waals surface area contributed by atoms with Crippen molar-refractivity contribution in [2.24, 2.45) is 4.99 Å². The lowest BCUT2D eigenvalue weighted by molar-refractivity contribution is -0.153. The molecule has 2 aromatic carbocycles. The van der Waals surface area contributed by atoms with E-state index in [0.29, 0.717) is 5.75 Å². The van der Waals surface area contributed by atoms with Gasteiger partial charge < -0.3 is 9.47 Å². The number of thioether (sulfide) groups is 1. The Labute approximate surface area is 152 Å². The number of halogens is 3. The van der Waals surface area contributed by atoms with Crippen molar-refractivity contribution < 1.29 is 22.6 Å². The monoisotopic (exact) mass is 381 g/mol. The van der Waals surface area contributed by atoms with E-state index in [-0.39, 0.29) is 22.4 Å². The number of amidine groups is 1. The van der Waals surface area contributed by atoms with Crippen molar-refractivity contribution in [1.82, 2.24) is 5.32 Å². The third-order valence-corrected chi connectivity index (χ3v) is 3.41. The Morgan fingerprint density at radius 2 is 1.85 bits per heavy atom. The van der Waals surface area contributed by atoms with Gasteiger partial charge in [0.05, 0.1) is 5.69 Å². The van der Waals surface area contributed by atoms with Crippen LogP contribution in [0.5, 0.6) is 17.2 Å². The van der Waals surface area contributed by atoms with Gasteiger partial charge in [0, 0.05) is 18.2 Å². The fourth-order valence-electron chi connectivity index (χ4n) is 1.84.